The first-order chi connectivity index (χ1) is 8.78. The van der Waals surface area contributed by atoms with Crippen LogP contribution in [-0.4, -0.2) is 4.99 Å². The summed E-state index contributed by atoms with van der Waals surface area (Å²) in [7, 11) is 0. The summed E-state index contributed by atoms with van der Waals surface area (Å²) < 4.78 is 0. The minimum Gasteiger partial charge on any atom is -0.352 e. The van der Waals surface area contributed by atoms with Gasteiger partial charge in [-0.3, -0.25) is 0 Å². The van der Waals surface area contributed by atoms with Gasteiger partial charge in [0.1, 0.15) is 5.92 Å². The van der Waals surface area contributed by atoms with E-state index in [0.29, 0.717) is 0 Å². The zero-order valence-electron chi connectivity index (χ0n) is 10.8. The maximum absolute atomic E-state index is 9.57. The zero-order chi connectivity index (χ0) is 12.6. The van der Waals surface area contributed by atoms with E-state index in [9.17, 15) is 5.26 Å². The van der Waals surface area contributed by atoms with Gasteiger partial charge in [-0.25, -0.2) is 0 Å². The molecular formula is C15H20N2S. The Morgan fingerprint density at radius 1 is 1.11 bits per heavy atom. The van der Waals surface area contributed by atoms with Crippen LogP contribution in [0.15, 0.2) is 11.3 Å². The van der Waals surface area contributed by atoms with Crippen molar-refractivity contribution in [2.75, 3.05) is 0 Å². The Balaban J connectivity index is 2.08. The van der Waals surface area contributed by atoms with Crippen LogP contribution in [0.1, 0.15) is 57.8 Å². The summed E-state index contributed by atoms with van der Waals surface area (Å²) >= 11 is 5.48. The number of allylic oxidation sites excluding steroid dienone is 2. The molecule has 0 radical (unpaired) electrons. The molecule has 96 valence electrons. The summed E-state index contributed by atoms with van der Waals surface area (Å²) in [6.45, 7) is 0. The molecule has 0 aromatic heterocycles. The van der Waals surface area contributed by atoms with Gasteiger partial charge in [-0.2, -0.15) is 5.26 Å². The topological polar surface area (TPSA) is 35.8 Å². The van der Waals surface area contributed by atoms with Crippen LogP contribution in [0.3, 0.4) is 0 Å². The molecular weight excluding hydrogens is 240 g/mol. The molecule has 0 aromatic rings. The molecule has 2 nitrogen and oxygen atoms in total. The zero-order valence-corrected chi connectivity index (χ0v) is 11.6. The van der Waals surface area contributed by atoms with Crippen LogP contribution in [-0.2, 0) is 0 Å². The Morgan fingerprint density at radius 3 is 2.56 bits per heavy atom. The van der Waals surface area contributed by atoms with Gasteiger partial charge in [0.05, 0.1) is 11.1 Å². The number of hydrogen-bond acceptors (Lipinski definition) is 2. The molecule has 0 aromatic carbocycles. The second-order valence-corrected chi connectivity index (χ2v) is 6.37. The molecule has 0 bridgehead atoms. The van der Waals surface area contributed by atoms with Crippen molar-refractivity contribution in [1.29, 1.82) is 5.26 Å². The second-order valence-electron chi connectivity index (χ2n) is 5.93. The number of hydrogen-bond donors (Lipinski definition) is 1. The standard InChI is InChI=1S/C15H20N2S/c16-10-12-14(18)17-13-7-3-2-6-11(13)15(12)8-4-1-5-9-15/h12H,1-9H2,(H,17,18). The Labute approximate surface area is 114 Å². The molecule has 3 aliphatic rings. The van der Waals surface area contributed by atoms with E-state index >= 15 is 0 Å². The van der Waals surface area contributed by atoms with Crippen molar-refractivity contribution in [3.05, 3.63) is 11.3 Å². The Morgan fingerprint density at radius 2 is 1.83 bits per heavy atom. The van der Waals surface area contributed by atoms with Crippen LogP contribution >= 0.6 is 12.2 Å². The van der Waals surface area contributed by atoms with Crippen LogP contribution in [0.25, 0.3) is 0 Å². The van der Waals surface area contributed by atoms with Gasteiger partial charge in [0, 0.05) is 11.1 Å². The van der Waals surface area contributed by atoms with Gasteiger partial charge in [0.15, 0.2) is 0 Å². The van der Waals surface area contributed by atoms with Gasteiger partial charge in [-0.1, -0.05) is 31.5 Å². The third-order valence-electron chi connectivity index (χ3n) is 5.03. The number of rotatable bonds is 0. The molecule has 1 fully saturated rings. The van der Waals surface area contributed by atoms with Gasteiger partial charge in [-0.05, 0) is 44.1 Å². The van der Waals surface area contributed by atoms with Crippen molar-refractivity contribution in [2.45, 2.75) is 57.8 Å². The fourth-order valence-corrected chi connectivity index (χ4v) is 4.60. The summed E-state index contributed by atoms with van der Waals surface area (Å²) in [5, 5.41) is 12.9. The monoisotopic (exact) mass is 260 g/mol. The van der Waals surface area contributed by atoms with Gasteiger partial charge in [0.2, 0.25) is 0 Å². The molecule has 1 unspecified atom stereocenters. The molecule has 1 spiro atoms. The summed E-state index contributed by atoms with van der Waals surface area (Å²) in [6, 6.07) is 2.51. The number of nitrogens with one attached hydrogen (secondary N) is 1. The van der Waals surface area contributed by atoms with Crippen molar-refractivity contribution in [1.82, 2.24) is 5.32 Å². The number of nitriles is 1. The van der Waals surface area contributed by atoms with E-state index in [1.165, 1.54) is 57.1 Å². The quantitative estimate of drug-likeness (QED) is 0.672. The van der Waals surface area contributed by atoms with Crippen LogP contribution in [0, 0.1) is 22.7 Å². The van der Waals surface area contributed by atoms with Crippen molar-refractivity contribution in [2.24, 2.45) is 11.3 Å². The van der Waals surface area contributed by atoms with Gasteiger partial charge < -0.3 is 5.32 Å². The smallest absolute Gasteiger partial charge is 0.106 e. The van der Waals surface area contributed by atoms with Gasteiger partial charge in [0.25, 0.3) is 0 Å². The normalized spacial score (nSPS) is 30.6. The van der Waals surface area contributed by atoms with E-state index in [2.05, 4.69) is 11.4 Å². The number of thiocarbonyl (C=S) groups is 1. The average Bonchev–Trinajstić information content (AvgIpc) is 2.40. The molecule has 18 heavy (non-hydrogen) atoms. The lowest BCUT2D eigenvalue weighted by atomic mass is 9.58. The molecule has 1 atom stereocenters. The number of fused-ring (bicyclic) bond motifs is 1. The maximum atomic E-state index is 9.57. The fourth-order valence-electron chi connectivity index (χ4n) is 4.19. The number of nitrogens with zero attached hydrogens (tertiary/aromatic N) is 1. The van der Waals surface area contributed by atoms with E-state index in [-0.39, 0.29) is 11.3 Å². The largest absolute Gasteiger partial charge is 0.352 e. The lowest BCUT2D eigenvalue weighted by molar-refractivity contribution is 0.192. The first kappa shape index (κ1) is 12.2. The van der Waals surface area contributed by atoms with E-state index in [1.807, 2.05) is 0 Å². The summed E-state index contributed by atoms with van der Waals surface area (Å²) in [6.07, 6.45) is 11.1. The van der Waals surface area contributed by atoms with Crippen molar-refractivity contribution in [3.8, 4) is 6.07 Å². The van der Waals surface area contributed by atoms with Crippen molar-refractivity contribution >= 4 is 17.2 Å². The van der Waals surface area contributed by atoms with Crippen molar-refractivity contribution < 1.29 is 0 Å². The van der Waals surface area contributed by atoms with Crippen LogP contribution in [0.4, 0.5) is 0 Å². The third kappa shape index (κ3) is 1.70. The molecule has 1 N–H and O–H groups in total. The minimum atomic E-state index is -0.0790. The van der Waals surface area contributed by atoms with Gasteiger partial charge in [-0.15, -0.1) is 0 Å². The highest BCUT2D eigenvalue weighted by Gasteiger charge is 2.49. The van der Waals surface area contributed by atoms with Gasteiger partial charge >= 0.3 is 0 Å². The third-order valence-corrected chi connectivity index (χ3v) is 5.37. The Kier molecular flexibility index (Phi) is 3.15. The fraction of sp³-hybridized carbons (Fsp3) is 0.733. The molecule has 1 aliphatic heterocycles. The highest BCUT2D eigenvalue weighted by Crippen LogP contribution is 2.54. The Bertz CT molecular complexity index is 438. The molecule has 3 heteroatoms. The molecule has 0 saturated heterocycles. The van der Waals surface area contributed by atoms with Crippen molar-refractivity contribution in [3.63, 3.8) is 0 Å². The molecule has 2 aliphatic carbocycles. The summed E-state index contributed by atoms with van der Waals surface area (Å²) in [5.74, 6) is -0.0790. The lowest BCUT2D eigenvalue weighted by Crippen LogP contribution is -2.49. The highest BCUT2D eigenvalue weighted by molar-refractivity contribution is 7.80. The van der Waals surface area contributed by atoms with E-state index in [1.54, 1.807) is 5.57 Å². The average molecular weight is 260 g/mol. The summed E-state index contributed by atoms with van der Waals surface area (Å²) in [4.78, 5) is 0.792. The predicted molar refractivity (Wildman–Crippen MR) is 75.8 cm³/mol. The maximum Gasteiger partial charge on any atom is 0.106 e. The first-order valence-corrected chi connectivity index (χ1v) is 7.62. The van der Waals surface area contributed by atoms with E-state index < -0.39 is 0 Å². The molecule has 3 rings (SSSR count). The van der Waals surface area contributed by atoms with Crippen LogP contribution in [0.2, 0.25) is 0 Å². The predicted octanol–water partition coefficient (Wildman–Crippen LogP) is 3.84. The minimum absolute atomic E-state index is 0.0790. The van der Waals surface area contributed by atoms with Crippen LogP contribution in [0.5, 0.6) is 0 Å². The summed E-state index contributed by atoms with van der Waals surface area (Å²) in [5.41, 5.74) is 3.04. The van der Waals surface area contributed by atoms with E-state index in [4.69, 9.17) is 12.2 Å². The molecule has 1 heterocycles. The lowest BCUT2D eigenvalue weighted by Gasteiger charge is -2.48. The second kappa shape index (κ2) is 4.66. The highest BCUT2D eigenvalue weighted by atomic mass is 32.1. The Hall–Kier alpha value is -0.880. The molecule has 0 amide bonds. The van der Waals surface area contributed by atoms with Crippen LogP contribution < -0.4 is 5.32 Å². The first-order valence-electron chi connectivity index (χ1n) is 7.21. The SMILES string of the molecule is N#CC1C(=S)NC2=C(CCCC2)C12CCCCC2. The molecule has 1 saturated carbocycles. The van der Waals surface area contributed by atoms with E-state index in [0.717, 1.165) is 11.4 Å².